The lowest BCUT2D eigenvalue weighted by Crippen LogP contribution is -2.07. The molecule has 7 heteroatoms. The monoisotopic (exact) mass is 228 g/mol. The van der Waals surface area contributed by atoms with Crippen LogP contribution in [0, 0.1) is 0 Å². The molecule has 0 saturated heterocycles. The minimum absolute atomic E-state index is 0.165. The van der Waals surface area contributed by atoms with Gasteiger partial charge in [0.25, 0.3) is 3.79 Å². The molecule has 0 amide bonds. The molecule has 1 heterocycles. The standard InChI is InChI=1S/C5H7Cl3N4/c1-9-2-3-10-4(12-11-3)5(6,7)8/h9H,2H2,1H3,(H,10,11,12). The van der Waals surface area contributed by atoms with Crippen LogP contribution in [0.2, 0.25) is 0 Å². The van der Waals surface area contributed by atoms with Crippen LogP contribution in [0.25, 0.3) is 0 Å². The second kappa shape index (κ2) is 3.79. The van der Waals surface area contributed by atoms with E-state index in [1.165, 1.54) is 0 Å². The van der Waals surface area contributed by atoms with E-state index in [0.717, 1.165) is 0 Å². The van der Waals surface area contributed by atoms with Crippen molar-refractivity contribution in [2.24, 2.45) is 0 Å². The molecule has 68 valence electrons. The fourth-order valence-corrected chi connectivity index (χ4v) is 0.922. The highest BCUT2D eigenvalue weighted by Crippen LogP contribution is 2.35. The fourth-order valence-electron chi connectivity index (χ4n) is 0.669. The van der Waals surface area contributed by atoms with Gasteiger partial charge in [-0.1, -0.05) is 34.8 Å². The molecule has 0 aliphatic carbocycles. The molecular formula is C5H7Cl3N4. The number of H-pyrrole nitrogens is 1. The van der Waals surface area contributed by atoms with Crippen molar-refractivity contribution in [1.82, 2.24) is 20.5 Å². The number of alkyl halides is 3. The molecule has 0 aromatic carbocycles. The number of halogens is 3. The molecule has 4 nitrogen and oxygen atoms in total. The molecule has 0 saturated carbocycles. The van der Waals surface area contributed by atoms with E-state index in [9.17, 15) is 0 Å². The quantitative estimate of drug-likeness (QED) is 0.753. The Morgan fingerprint density at radius 1 is 1.50 bits per heavy atom. The van der Waals surface area contributed by atoms with Gasteiger partial charge in [-0.05, 0) is 7.05 Å². The third-order valence-electron chi connectivity index (χ3n) is 1.13. The molecule has 0 atom stereocenters. The lowest BCUT2D eigenvalue weighted by molar-refractivity contribution is 0.762. The van der Waals surface area contributed by atoms with E-state index in [1.54, 1.807) is 7.05 Å². The van der Waals surface area contributed by atoms with Crippen LogP contribution in [0.3, 0.4) is 0 Å². The van der Waals surface area contributed by atoms with Gasteiger partial charge in [-0.15, -0.1) is 0 Å². The van der Waals surface area contributed by atoms with Gasteiger partial charge >= 0.3 is 0 Å². The lowest BCUT2D eigenvalue weighted by atomic mass is 10.6. The lowest BCUT2D eigenvalue weighted by Gasteiger charge is -2.02. The second-order valence-electron chi connectivity index (χ2n) is 2.13. The van der Waals surface area contributed by atoms with Crippen LogP contribution in [-0.2, 0) is 10.3 Å². The van der Waals surface area contributed by atoms with Gasteiger partial charge in [-0.2, -0.15) is 5.10 Å². The summed E-state index contributed by atoms with van der Waals surface area (Å²) in [4.78, 5) is 3.95. The van der Waals surface area contributed by atoms with Crippen molar-refractivity contribution < 1.29 is 0 Å². The molecule has 0 aliphatic rings. The predicted molar refractivity (Wildman–Crippen MR) is 48.4 cm³/mol. The number of nitrogens with zero attached hydrogens (tertiary/aromatic N) is 2. The topological polar surface area (TPSA) is 53.6 Å². The highest BCUT2D eigenvalue weighted by molar-refractivity contribution is 6.66. The first-order valence-electron chi connectivity index (χ1n) is 3.17. The van der Waals surface area contributed by atoms with E-state index in [-0.39, 0.29) is 5.82 Å². The molecule has 0 unspecified atom stereocenters. The molecule has 12 heavy (non-hydrogen) atoms. The third kappa shape index (κ3) is 2.48. The largest absolute Gasteiger partial charge is 0.313 e. The van der Waals surface area contributed by atoms with E-state index in [4.69, 9.17) is 34.8 Å². The van der Waals surface area contributed by atoms with Crippen LogP contribution in [0.1, 0.15) is 11.6 Å². The van der Waals surface area contributed by atoms with Crippen LogP contribution in [0.15, 0.2) is 0 Å². The number of nitrogens with one attached hydrogen (secondary N) is 2. The van der Waals surface area contributed by atoms with Crippen molar-refractivity contribution in [2.75, 3.05) is 7.05 Å². The molecule has 0 fully saturated rings. The average Bonchev–Trinajstić information content (AvgIpc) is 2.35. The number of hydrogen-bond acceptors (Lipinski definition) is 3. The molecular weight excluding hydrogens is 222 g/mol. The van der Waals surface area contributed by atoms with Crippen molar-refractivity contribution in [3.05, 3.63) is 11.6 Å². The SMILES string of the molecule is CNCc1nc(C(Cl)(Cl)Cl)n[nH]1. The molecule has 1 rings (SSSR count). The summed E-state index contributed by atoms with van der Waals surface area (Å²) in [5.74, 6) is 0.802. The zero-order valence-electron chi connectivity index (χ0n) is 6.24. The van der Waals surface area contributed by atoms with Crippen molar-refractivity contribution >= 4 is 34.8 Å². The molecule has 0 aliphatic heterocycles. The molecule has 1 aromatic heterocycles. The van der Waals surface area contributed by atoms with E-state index >= 15 is 0 Å². The Hall–Kier alpha value is -0.0300. The highest BCUT2D eigenvalue weighted by Gasteiger charge is 2.27. The van der Waals surface area contributed by atoms with Crippen LogP contribution in [0.4, 0.5) is 0 Å². The maximum Gasteiger partial charge on any atom is 0.251 e. The highest BCUT2D eigenvalue weighted by atomic mass is 35.6. The van der Waals surface area contributed by atoms with E-state index < -0.39 is 3.79 Å². The Labute approximate surface area is 84.6 Å². The first kappa shape index (κ1) is 10.1. The van der Waals surface area contributed by atoms with Gasteiger partial charge < -0.3 is 5.32 Å². The van der Waals surface area contributed by atoms with Gasteiger partial charge in [-0.25, -0.2) is 4.98 Å². The summed E-state index contributed by atoms with van der Waals surface area (Å²) in [6.07, 6.45) is 0. The minimum Gasteiger partial charge on any atom is -0.313 e. The summed E-state index contributed by atoms with van der Waals surface area (Å²) in [5.41, 5.74) is 0. The summed E-state index contributed by atoms with van der Waals surface area (Å²) in [7, 11) is 1.79. The summed E-state index contributed by atoms with van der Waals surface area (Å²) in [5, 5.41) is 9.26. The Morgan fingerprint density at radius 3 is 2.58 bits per heavy atom. The van der Waals surface area contributed by atoms with Crippen molar-refractivity contribution in [2.45, 2.75) is 10.3 Å². The zero-order valence-corrected chi connectivity index (χ0v) is 8.50. The van der Waals surface area contributed by atoms with Crippen molar-refractivity contribution in [3.8, 4) is 0 Å². The number of aromatic amines is 1. The number of hydrogen-bond donors (Lipinski definition) is 2. The number of rotatable bonds is 2. The summed E-state index contributed by atoms with van der Waals surface area (Å²) in [6, 6.07) is 0. The van der Waals surface area contributed by atoms with Gasteiger partial charge in [0, 0.05) is 0 Å². The first-order valence-corrected chi connectivity index (χ1v) is 4.30. The molecule has 1 aromatic rings. The smallest absolute Gasteiger partial charge is 0.251 e. The van der Waals surface area contributed by atoms with Crippen molar-refractivity contribution in [3.63, 3.8) is 0 Å². The molecule has 0 bridgehead atoms. The molecule has 2 N–H and O–H groups in total. The van der Waals surface area contributed by atoms with Gasteiger partial charge in [0.05, 0.1) is 6.54 Å². The van der Waals surface area contributed by atoms with Gasteiger partial charge in [0.1, 0.15) is 5.82 Å². The summed E-state index contributed by atoms with van der Waals surface area (Å²) in [6.45, 7) is 0.563. The molecule has 0 radical (unpaired) electrons. The maximum atomic E-state index is 5.54. The van der Waals surface area contributed by atoms with Gasteiger partial charge in [0.2, 0.25) is 5.82 Å². The Morgan fingerprint density at radius 2 is 2.17 bits per heavy atom. The summed E-state index contributed by atoms with van der Waals surface area (Å²) >= 11 is 16.6. The van der Waals surface area contributed by atoms with E-state index in [0.29, 0.717) is 12.4 Å². The predicted octanol–water partition coefficient (Wildman–Crippen LogP) is 1.35. The Kier molecular flexibility index (Phi) is 3.17. The van der Waals surface area contributed by atoms with Crippen LogP contribution < -0.4 is 5.32 Å². The Bertz CT molecular complexity index is 253. The van der Waals surface area contributed by atoms with Crippen LogP contribution in [-0.4, -0.2) is 22.2 Å². The van der Waals surface area contributed by atoms with Crippen molar-refractivity contribution in [1.29, 1.82) is 0 Å². The number of aromatic nitrogens is 3. The first-order chi connectivity index (χ1) is 5.54. The van der Waals surface area contributed by atoms with Gasteiger partial charge in [0.15, 0.2) is 0 Å². The zero-order chi connectivity index (χ0) is 9.19. The Balaban J connectivity index is 2.77. The van der Waals surface area contributed by atoms with E-state index in [1.807, 2.05) is 0 Å². The van der Waals surface area contributed by atoms with Crippen LogP contribution >= 0.6 is 34.8 Å². The minimum atomic E-state index is -1.55. The summed E-state index contributed by atoms with van der Waals surface area (Å²) < 4.78 is -1.55. The second-order valence-corrected chi connectivity index (χ2v) is 4.42. The molecule has 0 spiro atoms. The average molecular weight is 229 g/mol. The van der Waals surface area contributed by atoms with E-state index in [2.05, 4.69) is 20.5 Å². The normalized spacial score (nSPS) is 12.0. The van der Waals surface area contributed by atoms with Crippen LogP contribution in [0.5, 0.6) is 0 Å². The fraction of sp³-hybridized carbons (Fsp3) is 0.600. The maximum absolute atomic E-state index is 5.54. The third-order valence-corrected chi connectivity index (χ3v) is 1.64. The van der Waals surface area contributed by atoms with Gasteiger partial charge in [-0.3, -0.25) is 5.10 Å².